The number of nitrogens with zero attached hydrogens (tertiary/aromatic N) is 1. The molecule has 2 saturated heterocycles. The van der Waals surface area contributed by atoms with Gasteiger partial charge in [0.1, 0.15) is 5.76 Å². The molecule has 104 valence electrons. The van der Waals surface area contributed by atoms with E-state index >= 15 is 0 Å². The Labute approximate surface area is 117 Å². The van der Waals surface area contributed by atoms with E-state index in [4.69, 9.17) is 4.42 Å². The molecule has 2 aliphatic heterocycles. The van der Waals surface area contributed by atoms with E-state index in [1.54, 1.807) is 17.8 Å². The number of piperidine rings is 1. The summed E-state index contributed by atoms with van der Waals surface area (Å²) >= 11 is 1.68. The first-order valence-corrected chi connectivity index (χ1v) is 8.17. The summed E-state index contributed by atoms with van der Waals surface area (Å²) < 4.78 is 5.62. The van der Waals surface area contributed by atoms with Crippen LogP contribution in [0.2, 0.25) is 0 Å². The van der Waals surface area contributed by atoms with Crippen LogP contribution in [-0.2, 0) is 5.75 Å². The van der Waals surface area contributed by atoms with E-state index in [1.807, 2.05) is 17.2 Å². The number of hydrogen-bond donors (Lipinski definition) is 1. The first kappa shape index (κ1) is 13.1. The molecule has 2 unspecified atom stereocenters. The number of carbonyl (C=O) groups is 1. The van der Waals surface area contributed by atoms with Crippen LogP contribution in [0, 0.1) is 0 Å². The molecule has 2 atom stereocenters. The minimum Gasteiger partial charge on any atom is -0.455 e. The number of carbonyl (C=O) groups excluding carboxylic acids is 1. The summed E-state index contributed by atoms with van der Waals surface area (Å²) in [4.78, 5) is 14.5. The highest BCUT2D eigenvalue weighted by molar-refractivity contribution is 7.97. The van der Waals surface area contributed by atoms with Crippen LogP contribution in [0.3, 0.4) is 0 Å². The molecule has 3 heterocycles. The van der Waals surface area contributed by atoms with Gasteiger partial charge < -0.3 is 14.4 Å². The summed E-state index contributed by atoms with van der Waals surface area (Å²) in [5.74, 6) is 2.07. The van der Waals surface area contributed by atoms with Crippen molar-refractivity contribution in [2.45, 2.75) is 49.6 Å². The summed E-state index contributed by atoms with van der Waals surface area (Å²) in [6.45, 7) is 0. The fourth-order valence-electron chi connectivity index (χ4n) is 3.32. The molecule has 2 bridgehead atoms. The van der Waals surface area contributed by atoms with Gasteiger partial charge >= 0.3 is 0 Å². The van der Waals surface area contributed by atoms with Crippen molar-refractivity contribution in [3.8, 4) is 0 Å². The van der Waals surface area contributed by atoms with Gasteiger partial charge in [0.25, 0.3) is 5.91 Å². The van der Waals surface area contributed by atoms with Crippen molar-refractivity contribution in [3.05, 3.63) is 23.7 Å². The highest BCUT2D eigenvalue weighted by Crippen LogP contribution is 2.36. The van der Waals surface area contributed by atoms with Gasteiger partial charge in [-0.3, -0.25) is 4.79 Å². The summed E-state index contributed by atoms with van der Waals surface area (Å²) in [5.41, 5.74) is 0. The van der Waals surface area contributed by atoms with Gasteiger partial charge in [0.2, 0.25) is 0 Å². The molecule has 19 heavy (non-hydrogen) atoms. The van der Waals surface area contributed by atoms with Crippen LogP contribution in [-0.4, -0.2) is 40.4 Å². The zero-order valence-corrected chi connectivity index (χ0v) is 11.9. The van der Waals surface area contributed by atoms with Crippen molar-refractivity contribution >= 4 is 17.7 Å². The Balaban J connectivity index is 1.76. The summed E-state index contributed by atoms with van der Waals surface area (Å²) in [7, 11) is 0. The van der Waals surface area contributed by atoms with Gasteiger partial charge in [0.05, 0.1) is 11.9 Å². The first-order valence-electron chi connectivity index (χ1n) is 6.77. The van der Waals surface area contributed by atoms with Crippen molar-refractivity contribution in [2.24, 2.45) is 0 Å². The Morgan fingerprint density at radius 3 is 2.74 bits per heavy atom. The quantitative estimate of drug-likeness (QED) is 0.923. The summed E-state index contributed by atoms with van der Waals surface area (Å²) in [6.07, 6.45) is 5.19. The van der Waals surface area contributed by atoms with E-state index in [1.165, 1.54) is 0 Å². The number of thioether (sulfide) groups is 1. The predicted octanol–water partition coefficient (Wildman–Crippen LogP) is 2.27. The number of furan rings is 1. The predicted molar refractivity (Wildman–Crippen MR) is 74.1 cm³/mol. The summed E-state index contributed by atoms with van der Waals surface area (Å²) in [5, 5.41) is 9.77. The van der Waals surface area contributed by atoms with Gasteiger partial charge in [-0.15, -0.1) is 0 Å². The molecule has 1 aromatic heterocycles. The maximum absolute atomic E-state index is 12.5. The minimum atomic E-state index is -0.245. The molecule has 5 heteroatoms. The number of rotatable bonds is 3. The van der Waals surface area contributed by atoms with Gasteiger partial charge in [-0.25, -0.2) is 0 Å². The zero-order chi connectivity index (χ0) is 13.4. The maximum atomic E-state index is 12.5. The van der Waals surface area contributed by atoms with Crippen LogP contribution in [0.25, 0.3) is 0 Å². The molecule has 4 nitrogen and oxygen atoms in total. The molecule has 1 amide bonds. The average Bonchev–Trinajstić information content (AvgIpc) is 2.93. The second-order valence-corrected chi connectivity index (χ2v) is 6.29. The smallest absolute Gasteiger partial charge is 0.290 e. The molecule has 0 radical (unpaired) electrons. The molecular weight excluding hydrogens is 262 g/mol. The SMILES string of the molecule is CSCc1ccc(C(=O)N2C3CCC2CC(O)C3)o1. The number of amides is 1. The van der Waals surface area contributed by atoms with Crippen molar-refractivity contribution in [3.63, 3.8) is 0 Å². The topological polar surface area (TPSA) is 53.7 Å². The first-order chi connectivity index (χ1) is 9.19. The van der Waals surface area contributed by atoms with Gasteiger partial charge in [0.15, 0.2) is 5.76 Å². The number of hydrogen-bond acceptors (Lipinski definition) is 4. The van der Waals surface area contributed by atoms with E-state index in [-0.39, 0.29) is 24.1 Å². The number of aliphatic hydroxyl groups is 1. The highest BCUT2D eigenvalue weighted by Gasteiger charge is 2.43. The minimum absolute atomic E-state index is 0.00764. The fourth-order valence-corrected chi connectivity index (χ4v) is 3.76. The lowest BCUT2D eigenvalue weighted by atomic mass is 9.99. The van der Waals surface area contributed by atoms with Gasteiger partial charge in [-0.05, 0) is 44.1 Å². The van der Waals surface area contributed by atoms with Crippen LogP contribution >= 0.6 is 11.8 Å². The van der Waals surface area contributed by atoms with Crippen molar-refractivity contribution in [1.29, 1.82) is 0 Å². The fraction of sp³-hybridized carbons (Fsp3) is 0.643. The normalized spacial score (nSPS) is 29.8. The van der Waals surface area contributed by atoms with E-state index in [0.29, 0.717) is 18.6 Å². The third-order valence-electron chi connectivity index (χ3n) is 4.10. The van der Waals surface area contributed by atoms with E-state index < -0.39 is 0 Å². The van der Waals surface area contributed by atoms with E-state index in [0.717, 1.165) is 24.4 Å². The lowest BCUT2D eigenvalue weighted by Gasteiger charge is -2.36. The Morgan fingerprint density at radius 1 is 1.42 bits per heavy atom. The van der Waals surface area contributed by atoms with Gasteiger partial charge in [0, 0.05) is 12.1 Å². The Hall–Kier alpha value is -0.940. The number of aliphatic hydroxyl groups excluding tert-OH is 1. The molecule has 1 aromatic rings. The zero-order valence-electron chi connectivity index (χ0n) is 11.0. The third-order valence-corrected chi connectivity index (χ3v) is 4.67. The lowest BCUT2D eigenvalue weighted by molar-refractivity contribution is 0.0263. The Morgan fingerprint density at radius 2 is 2.11 bits per heavy atom. The molecule has 0 aromatic carbocycles. The Kier molecular flexibility index (Phi) is 3.58. The maximum Gasteiger partial charge on any atom is 0.290 e. The molecular formula is C14H19NO3S. The third kappa shape index (κ3) is 2.41. The Bertz CT molecular complexity index is 459. The molecule has 1 N–H and O–H groups in total. The van der Waals surface area contributed by atoms with Crippen LogP contribution < -0.4 is 0 Å². The molecule has 2 fully saturated rings. The van der Waals surface area contributed by atoms with Crippen molar-refractivity contribution < 1.29 is 14.3 Å². The second-order valence-electron chi connectivity index (χ2n) is 5.42. The monoisotopic (exact) mass is 281 g/mol. The average molecular weight is 281 g/mol. The highest BCUT2D eigenvalue weighted by atomic mass is 32.2. The van der Waals surface area contributed by atoms with E-state index in [9.17, 15) is 9.90 Å². The molecule has 2 aliphatic rings. The largest absolute Gasteiger partial charge is 0.455 e. The molecule has 0 spiro atoms. The molecule has 3 rings (SSSR count). The van der Waals surface area contributed by atoms with Crippen LogP contribution in [0.15, 0.2) is 16.5 Å². The van der Waals surface area contributed by atoms with Crippen LogP contribution in [0.5, 0.6) is 0 Å². The summed E-state index contributed by atoms with van der Waals surface area (Å²) in [6, 6.07) is 4.04. The van der Waals surface area contributed by atoms with Gasteiger partial charge in [-0.1, -0.05) is 0 Å². The standard InChI is InChI=1S/C14H19NO3S/c1-19-8-12-4-5-13(18-12)14(17)15-9-2-3-10(15)7-11(16)6-9/h4-5,9-11,16H,2-3,6-8H2,1H3. The second kappa shape index (κ2) is 5.21. The van der Waals surface area contributed by atoms with E-state index in [2.05, 4.69) is 0 Å². The van der Waals surface area contributed by atoms with Gasteiger partial charge in [-0.2, -0.15) is 11.8 Å². The van der Waals surface area contributed by atoms with Crippen LogP contribution in [0.4, 0.5) is 0 Å². The van der Waals surface area contributed by atoms with Crippen molar-refractivity contribution in [1.82, 2.24) is 4.90 Å². The van der Waals surface area contributed by atoms with Crippen molar-refractivity contribution in [2.75, 3.05) is 6.26 Å². The molecule has 0 saturated carbocycles. The van der Waals surface area contributed by atoms with Crippen LogP contribution in [0.1, 0.15) is 42.0 Å². The lowest BCUT2D eigenvalue weighted by Crippen LogP contribution is -2.47. The number of fused-ring (bicyclic) bond motifs is 2. The molecule has 0 aliphatic carbocycles.